The Bertz CT molecular complexity index is 1060. The van der Waals surface area contributed by atoms with E-state index in [2.05, 4.69) is 44.1 Å². The molecule has 0 amide bonds. The Morgan fingerprint density at radius 2 is 1.77 bits per heavy atom. The third-order valence-corrected chi connectivity index (χ3v) is 5.58. The molecule has 0 bridgehead atoms. The molecule has 0 radical (unpaired) electrons. The van der Waals surface area contributed by atoms with Gasteiger partial charge in [-0.25, -0.2) is 9.97 Å². The number of fused-ring (bicyclic) bond motifs is 3. The molecule has 26 heavy (non-hydrogen) atoms. The number of rotatable bonds is 2. The maximum atomic E-state index is 4.67. The van der Waals surface area contributed by atoms with Gasteiger partial charge in [0.2, 0.25) is 0 Å². The molecular weight excluding hydrogens is 322 g/mol. The molecule has 0 aromatic carbocycles. The van der Waals surface area contributed by atoms with Crippen LogP contribution < -0.4 is 0 Å². The van der Waals surface area contributed by atoms with Crippen molar-refractivity contribution in [2.45, 2.75) is 18.8 Å². The summed E-state index contributed by atoms with van der Waals surface area (Å²) in [6.07, 6.45) is 12.0. The standard InChI is InChI=1S/C21H21N5/c1-26-10-5-15(6-11-26)20-18-13-25-21-19(16(18)4-9-23-20)17(12-24-21)14-2-7-22-8-3-14/h2-4,7-9,12-13,15,23H,5-6,10-11H2,1H3. The van der Waals surface area contributed by atoms with Gasteiger partial charge in [0.05, 0.1) is 0 Å². The third kappa shape index (κ3) is 2.47. The molecule has 5 heteroatoms. The van der Waals surface area contributed by atoms with Gasteiger partial charge in [0.25, 0.3) is 0 Å². The van der Waals surface area contributed by atoms with Crippen molar-refractivity contribution < 1.29 is 0 Å². The molecule has 1 aliphatic heterocycles. The number of hydrogen-bond donors (Lipinski definition) is 1. The van der Waals surface area contributed by atoms with Gasteiger partial charge in [-0.1, -0.05) is 0 Å². The lowest BCUT2D eigenvalue weighted by atomic mass is 9.90. The Kier molecular flexibility index (Phi) is 3.68. The van der Waals surface area contributed by atoms with Gasteiger partial charge in [-0.3, -0.25) is 4.98 Å². The first kappa shape index (κ1) is 15.5. The lowest BCUT2D eigenvalue weighted by Gasteiger charge is -2.29. The zero-order chi connectivity index (χ0) is 17.5. The van der Waals surface area contributed by atoms with Crippen LogP contribution in [0.3, 0.4) is 0 Å². The highest BCUT2D eigenvalue weighted by Gasteiger charge is 2.22. The molecule has 5 rings (SSSR count). The Labute approximate surface area is 152 Å². The summed E-state index contributed by atoms with van der Waals surface area (Å²) in [6, 6.07) is 6.22. The van der Waals surface area contributed by atoms with E-state index in [4.69, 9.17) is 0 Å². The number of nitrogens with zero attached hydrogens (tertiary/aromatic N) is 4. The summed E-state index contributed by atoms with van der Waals surface area (Å²) in [5, 5.41) is 3.58. The quantitative estimate of drug-likeness (QED) is 0.598. The predicted molar refractivity (Wildman–Crippen MR) is 104 cm³/mol. The molecule has 0 aliphatic carbocycles. The molecule has 5 nitrogen and oxygen atoms in total. The third-order valence-electron chi connectivity index (χ3n) is 5.58. The van der Waals surface area contributed by atoms with Crippen LogP contribution in [0.25, 0.3) is 32.9 Å². The Hall–Kier alpha value is -2.79. The number of likely N-dealkylation sites (tertiary alicyclic amines) is 1. The topological polar surface area (TPSA) is 57.7 Å². The first-order valence-corrected chi connectivity index (χ1v) is 9.15. The molecule has 4 aromatic rings. The Balaban J connectivity index is 1.71. The monoisotopic (exact) mass is 343 g/mol. The van der Waals surface area contributed by atoms with Gasteiger partial charge in [0, 0.05) is 58.9 Å². The number of aromatic nitrogens is 4. The summed E-state index contributed by atoms with van der Waals surface area (Å²) in [6.45, 7) is 2.29. The van der Waals surface area contributed by atoms with Gasteiger partial charge in [0.15, 0.2) is 5.65 Å². The van der Waals surface area contributed by atoms with Crippen LogP contribution in [-0.4, -0.2) is 45.0 Å². The summed E-state index contributed by atoms with van der Waals surface area (Å²) in [4.78, 5) is 19.3. The predicted octanol–water partition coefficient (Wildman–Crippen LogP) is 3.98. The van der Waals surface area contributed by atoms with Crippen molar-refractivity contribution in [1.82, 2.24) is 24.8 Å². The summed E-state index contributed by atoms with van der Waals surface area (Å²) in [5.41, 5.74) is 4.38. The molecule has 5 heterocycles. The zero-order valence-corrected chi connectivity index (χ0v) is 14.8. The molecule has 1 fully saturated rings. The van der Waals surface area contributed by atoms with Gasteiger partial charge < -0.3 is 9.88 Å². The van der Waals surface area contributed by atoms with Crippen LogP contribution in [0.1, 0.15) is 24.5 Å². The first-order chi connectivity index (χ1) is 12.8. The van der Waals surface area contributed by atoms with Crippen molar-refractivity contribution in [2.75, 3.05) is 20.1 Å². The molecule has 0 unspecified atom stereocenters. The van der Waals surface area contributed by atoms with Gasteiger partial charge in [-0.05, 0) is 62.1 Å². The zero-order valence-electron chi connectivity index (χ0n) is 14.8. The number of H-pyrrole nitrogens is 1. The Morgan fingerprint density at radius 3 is 2.58 bits per heavy atom. The largest absolute Gasteiger partial charge is 0.364 e. The van der Waals surface area contributed by atoms with Gasteiger partial charge in [-0.2, -0.15) is 0 Å². The van der Waals surface area contributed by atoms with E-state index in [0.29, 0.717) is 5.92 Å². The van der Waals surface area contributed by atoms with Gasteiger partial charge in [0.1, 0.15) is 0 Å². The molecular formula is C21H21N5. The molecule has 1 saturated heterocycles. The highest BCUT2D eigenvalue weighted by molar-refractivity contribution is 6.12. The summed E-state index contributed by atoms with van der Waals surface area (Å²) in [7, 11) is 2.20. The van der Waals surface area contributed by atoms with Crippen LogP contribution in [0, 0.1) is 0 Å². The summed E-state index contributed by atoms with van der Waals surface area (Å²) < 4.78 is 0. The molecule has 130 valence electrons. The number of nitrogens with one attached hydrogen (secondary N) is 1. The van der Waals surface area contributed by atoms with E-state index in [0.717, 1.165) is 35.2 Å². The van der Waals surface area contributed by atoms with Crippen LogP contribution in [-0.2, 0) is 0 Å². The second kappa shape index (κ2) is 6.18. The molecule has 1 N–H and O–H groups in total. The molecule has 0 spiro atoms. The molecule has 4 aromatic heterocycles. The summed E-state index contributed by atoms with van der Waals surface area (Å²) in [5.74, 6) is 0.557. The second-order valence-electron chi connectivity index (χ2n) is 7.16. The number of pyridine rings is 3. The normalized spacial score (nSPS) is 16.5. The Morgan fingerprint density at radius 1 is 1.00 bits per heavy atom. The summed E-state index contributed by atoms with van der Waals surface area (Å²) >= 11 is 0. The fourth-order valence-corrected chi connectivity index (χ4v) is 4.13. The number of aromatic amines is 1. The lowest BCUT2D eigenvalue weighted by Crippen LogP contribution is -2.29. The van der Waals surface area contributed by atoms with Crippen molar-refractivity contribution in [1.29, 1.82) is 0 Å². The maximum absolute atomic E-state index is 4.67. The van der Waals surface area contributed by atoms with Crippen molar-refractivity contribution in [3.8, 4) is 11.1 Å². The van der Waals surface area contributed by atoms with Crippen LogP contribution in [0.5, 0.6) is 0 Å². The van der Waals surface area contributed by atoms with Crippen LogP contribution >= 0.6 is 0 Å². The second-order valence-corrected chi connectivity index (χ2v) is 7.16. The van der Waals surface area contributed by atoms with Crippen LogP contribution in [0.15, 0.2) is 49.2 Å². The SMILES string of the molecule is CN1CCC(c2[nH]ccc3c2cnc2ncc(-c4ccncc4)c23)CC1. The van der Waals surface area contributed by atoms with E-state index in [1.165, 1.54) is 29.3 Å². The minimum absolute atomic E-state index is 0.557. The number of piperidine rings is 1. The highest BCUT2D eigenvalue weighted by atomic mass is 15.1. The van der Waals surface area contributed by atoms with Crippen LogP contribution in [0.2, 0.25) is 0 Å². The minimum atomic E-state index is 0.557. The van der Waals surface area contributed by atoms with Crippen molar-refractivity contribution in [3.05, 3.63) is 54.9 Å². The average molecular weight is 343 g/mol. The van der Waals surface area contributed by atoms with Crippen molar-refractivity contribution in [3.63, 3.8) is 0 Å². The fourth-order valence-electron chi connectivity index (χ4n) is 4.13. The van der Waals surface area contributed by atoms with Crippen LogP contribution in [0.4, 0.5) is 0 Å². The lowest BCUT2D eigenvalue weighted by molar-refractivity contribution is 0.254. The van der Waals surface area contributed by atoms with Gasteiger partial charge >= 0.3 is 0 Å². The average Bonchev–Trinajstić information content (AvgIpc) is 3.13. The molecule has 0 atom stereocenters. The molecule has 1 aliphatic rings. The fraction of sp³-hybridized carbons (Fsp3) is 0.286. The first-order valence-electron chi connectivity index (χ1n) is 9.15. The van der Waals surface area contributed by atoms with E-state index >= 15 is 0 Å². The van der Waals surface area contributed by atoms with Gasteiger partial charge in [-0.15, -0.1) is 0 Å². The minimum Gasteiger partial charge on any atom is -0.364 e. The number of hydrogen-bond acceptors (Lipinski definition) is 4. The van der Waals surface area contributed by atoms with Crippen molar-refractivity contribution >= 4 is 21.8 Å². The van der Waals surface area contributed by atoms with E-state index in [9.17, 15) is 0 Å². The van der Waals surface area contributed by atoms with E-state index in [1.54, 1.807) is 0 Å². The highest BCUT2D eigenvalue weighted by Crippen LogP contribution is 2.37. The van der Waals surface area contributed by atoms with Crippen molar-refractivity contribution in [2.24, 2.45) is 0 Å². The van der Waals surface area contributed by atoms with E-state index < -0.39 is 0 Å². The molecule has 0 saturated carbocycles. The maximum Gasteiger partial charge on any atom is 0.160 e. The van der Waals surface area contributed by atoms with E-state index in [-0.39, 0.29) is 0 Å². The van der Waals surface area contributed by atoms with E-state index in [1.807, 2.05) is 36.9 Å². The smallest absolute Gasteiger partial charge is 0.160 e.